The SMILES string of the molecule is c1ccc(C2=c3ccccc3=NC(n3c4cc5c(cc4c4c6ccccc6ccc43)-c3cccc4c6ccccc6n(c34)-c3ccccc3-5)N2)cc1. The third-order valence-electron chi connectivity index (χ3n) is 11.3. The summed E-state index contributed by atoms with van der Waals surface area (Å²) in [5.74, 6) is 0. The minimum absolute atomic E-state index is 0.369. The van der Waals surface area contributed by atoms with Gasteiger partial charge in [0.15, 0.2) is 0 Å². The number of aromatic nitrogens is 2. The van der Waals surface area contributed by atoms with Crippen molar-refractivity contribution < 1.29 is 0 Å². The summed E-state index contributed by atoms with van der Waals surface area (Å²) in [7, 11) is 0. The number of nitrogens with zero attached hydrogens (tertiary/aromatic N) is 3. The molecule has 0 saturated heterocycles. The van der Waals surface area contributed by atoms with Gasteiger partial charge in [0.25, 0.3) is 0 Å². The van der Waals surface area contributed by atoms with Gasteiger partial charge < -0.3 is 14.5 Å². The van der Waals surface area contributed by atoms with Gasteiger partial charge in [0, 0.05) is 37.9 Å². The van der Waals surface area contributed by atoms with Crippen LogP contribution < -0.4 is 15.9 Å². The summed E-state index contributed by atoms with van der Waals surface area (Å²) in [4.78, 5) is 5.44. The van der Waals surface area contributed by atoms with Gasteiger partial charge in [-0.15, -0.1) is 0 Å². The van der Waals surface area contributed by atoms with Crippen LogP contribution in [0.2, 0.25) is 0 Å². The van der Waals surface area contributed by atoms with Crippen molar-refractivity contribution in [3.8, 4) is 27.9 Å². The monoisotopic (exact) mass is 662 g/mol. The number of para-hydroxylation sites is 4. The highest BCUT2D eigenvalue weighted by Crippen LogP contribution is 2.49. The third-order valence-corrected chi connectivity index (χ3v) is 11.3. The quantitative estimate of drug-likeness (QED) is 0.196. The molecule has 52 heavy (non-hydrogen) atoms. The van der Waals surface area contributed by atoms with Crippen LogP contribution in [0.15, 0.2) is 175 Å². The lowest BCUT2D eigenvalue weighted by molar-refractivity contribution is 0.490. The molecule has 0 aliphatic carbocycles. The van der Waals surface area contributed by atoms with E-state index in [0.717, 1.165) is 32.9 Å². The largest absolute Gasteiger partial charge is 0.345 e. The summed E-state index contributed by atoms with van der Waals surface area (Å²) in [6.45, 7) is 0. The van der Waals surface area contributed by atoms with E-state index in [1.807, 2.05) is 0 Å². The Hall–Kier alpha value is -6.91. The lowest BCUT2D eigenvalue weighted by Gasteiger charge is -2.25. The van der Waals surface area contributed by atoms with Crippen LogP contribution in [0.3, 0.4) is 0 Å². The smallest absolute Gasteiger partial charge is 0.201 e. The molecule has 8 aromatic carbocycles. The van der Waals surface area contributed by atoms with Crippen molar-refractivity contribution in [1.29, 1.82) is 0 Å². The maximum absolute atomic E-state index is 5.44. The second-order valence-electron chi connectivity index (χ2n) is 13.9. The first kappa shape index (κ1) is 27.9. The number of hydrogen-bond acceptors (Lipinski definition) is 2. The predicted molar refractivity (Wildman–Crippen MR) is 214 cm³/mol. The Morgan fingerprint density at radius 3 is 2.15 bits per heavy atom. The zero-order valence-electron chi connectivity index (χ0n) is 28.1. The maximum atomic E-state index is 5.44. The number of hydrogen-bond donors (Lipinski definition) is 1. The Morgan fingerprint density at radius 2 is 1.21 bits per heavy atom. The molecule has 1 unspecified atom stereocenters. The summed E-state index contributed by atoms with van der Waals surface area (Å²) in [5.41, 5.74) is 13.1. The Balaban J connectivity index is 1.23. The highest BCUT2D eigenvalue weighted by molar-refractivity contribution is 6.24. The van der Waals surface area contributed by atoms with Gasteiger partial charge in [-0.25, -0.2) is 4.99 Å². The van der Waals surface area contributed by atoms with E-state index in [1.165, 1.54) is 71.3 Å². The molecule has 2 aliphatic rings. The molecule has 2 aromatic heterocycles. The van der Waals surface area contributed by atoms with Crippen LogP contribution in [0.25, 0.3) is 88.0 Å². The Morgan fingerprint density at radius 1 is 0.481 bits per heavy atom. The number of rotatable bonds is 2. The van der Waals surface area contributed by atoms with Crippen molar-refractivity contribution in [2.75, 3.05) is 0 Å². The van der Waals surface area contributed by atoms with Crippen molar-refractivity contribution in [3.05, 3.63) is 186 Å². The zero-order chi connectivity index (χ0) is 33.9. The van der Waals surface area contributed by atoms with Crippen LogP contribution >= 0.6 is 0 Å². The number of nitrogens with one attached hydrogen (secondary N) is 1. The summed E-state index contributed by atoms with van der Waals surface area (Å²) >= 11 is 0. The molecule has 2 aliphatic heterocycles. The minimum atomic E-state index is -0.369. The zero-order valence-corrected chi connectivity index (χ0v) is 28.1. The summed E-state index contributed by atoms with van der Waals surface area (Å²) in [6.07, 6.45) is -0.369. The van der Waals surface area contributed by atoms with E-state index in [4.69, 9.17) is 4.99 Å². The fourth-order valence-corrected chi connectivity index (χ4v) is 9.09. The first-order chi connectivity index (χ1) is 25.8. The third kappa shape index (κ3) is 3.68. The van der Waals surface area contributed by atoms with Crippen LogP contribution in [-0.2, 0) is 0 Å². The second-order valence-corrected chi connectivity index (χ2v) is 13.9. The van der Waals surface area contributed by atoms with Crippen molar-refractivity contribution in [2.45, 2.75) is 6.29 Å². The first-order valence-corrected chi connectivity index (χ1v) is 17.9. The molecule has 4 heterocycles. The number of fused-ring (bicyclic) bond motifs is 14. The average Bonchev–Trinajstić information content (AvgIpc) is 3.69. The molecule has 0 amide bonds. The lowest BCUT2D eigenvalue weighted by atomic mass is 9.91. The molecular formula is C48H30N4. The van der Waals surface area contributed by atoms with Crippen molar-refractivity contribution >= 4 is 60.1 Å². The fraction of sp³-hybridized carbons (Fsp3) is 0.0208. The van der Waals surface area contributed by atoms with E-state index < -0.39 is 0 Å². The molecule has 242 valence electrons. The highest BCUT2D eigenvalue weighted by atomic mass is 15.3. The van der Waals surface area contributed by atoms with Crippen LogP contribution in [0.1, 0.15) is 11.9 Å². The molecular weight excluding hydrogens is 633 g/mol. The maximum Gasteiger partial charge on any atom is 0.201 e. The average molecular weight is 663 g/mol. The van der Waals surface area contributed by atoms with Gasteiger partial charge in [0.1, 0.15) is 0 Å². The standard InChI is InChI=1S/C48H30N4/c1-2-14-30(15-3-1)46-36-19-6-9-22-40(36)49-48(50-46)52-43-26-25-29-13-4-5-16-31(29)45(43)39-27-37-35-21-12-20-34-32-17-7-10-23-41(32)51(47(34)35)42-24-11-8-18-33(42)38(37)28-44(39)52/h1-28,48,50H. The Bertz CT molecular complexity index is 3270. The van der Waals surface area contributed by atoms with Crippen molar-refractivity contribution in [3.63, 3.8) is 0 Å². The van der Waals surface area contributed by atoms with Crippen LogP contribution in [-0.4, -0.2) is 9.13 Å². The van der Waals surface area contributed by atoms with Crippen LogP contribution in [0.4, 0.5) is 0 Å². The van der Waals surface area contributed by atoms with Crippen molar-refractivity contribution in [2.24, 2.45) is 4.99 Å². The molecule has 0 spiro atoms. The van der Waals surface area contributed by atoms with E-state index in [2.05, 4.69) is 184 Å². The van der Waals surface area contributed by atoms with Gasteiger partial charge in [0.2, 0.25) is 6.29 Å². The molecule has 12 rings (SSSR count). The first-order valence-electron chi connectivity index (χ1n) is 17.9. The summed E-state index contributed by atoms with van der Waals surface area (Å²) in [5, 5.41) is 13.5. The topological polar surface area (TPSA) is 34.2 Å². The van der Waals surface area contributed by atoms with Gasteiger partial charge in [-0.1, -0.05) is 133 Å². The van der Waals surface area contributed by atoms with E-state index in [1.54, 1.807) is 0 Å². The lowest BCUT2D eigenvalue weighted by Crippen LogP contribution is -2.41. The highest BCUT2D eigenvalue weighted by Gasteiger charge is 2.28. The summed E-state index contributed by atoms with van der Waals surface area (Å²) < 4.78 is 4.91. The molecule has 0 radical (unpaired) electrons. The van der Waals surface area contributed by atoms with E-state index in [-0.39, 0.29) is 6.29 Å². The normalized spacial score (nSPS) is 14.6. The fourth-order valence-electron chi connectivity index (χ4n) is 9.09. The molecule has 1 N–H and O–H groups in total. The van der Waals surface area contributed by atoms with Gasteiger partial charge in [0.05, 0.1) is 38.8 Å². The van der Waals surface area contributed by atoms with E-state index >= 15 is 0 Å². The van der Waals surface area contributed by atoms with Gasteiger partial charge in [-0.05, 0) is 63.9 Å². The number of benzene rings is 8. The molecule has 1 atom stereocenters. The second kappa shape index (κ2) is 10.3. The predicted octanol–water partition coefficient (Wildman–Crippen LogP) is 10.2. The van der Waals surface area contributed by atoms with Gasteiger partial charge in [-0.2, -0.15) is 0 Å². The van der Waals surface area contributed by atoms with E-state index in [0.29, 0.717) is 0 Å². The Kier molecular flexibility index (Phi) is 5.53. The van der Waals surface area contributed by atoms with Gasteiger partial charge >= 0.3 is 0 Å². The van der Waals surface area contributed by atoms with Crippen LogP contribution in [0, 0.1) is 0 Å². The molecule has 0 saturated carbocycles. The molecule has 0 fully saturated rings. The molecule has 0 bridgehead atoms. The van der Waals surface area contributed by atoms with Crippen LogP contribution in [0.5, 0.6) is 0 Å². The molecule has 4 heteroatoms. The van der Waals surface area contributed by atoms with Crippen molar-refractivity contribution in [1.82, 2.24) is 14.5 Å². The minimum Gasteiger partial charge on any atom is -0.345 e. The van der Waals surface area contributed by atoms with E-state index in [9.17, 15) is 0 Å². The Labute approximate surface area is 298 Å². The summed E-state index contributed by atoms with van der Waals surface area (Å²) in [6, 6.07) is 61.9. The molecule has 4 nitrogen and oxygen atoms in total. The molecule has 10 aromatic rings. The van der Waals surface area contributed by atoms with Gasteiger partial charge in [-0.3, -0.25) is 0 Å².